The van der Waals surface area contributed by atoms with Gasteiger partial charge in [0.2, 0.25) is 5.91 Å². The van der Waals surface area contributed by atoms with Crippen molar-refractivity contribution in [3.8, 4) is 6.07 Å². The van der Waals surface area contributed by atoms with Gasteiger partial charge in [-0.2, -0.15) is 18.4 Å². The van der Waals surface area contributed by atoms with Crippen LogP contribution in [-0.4, -0.2) is 39.3 Å². The molecule has 0 aliphatic carbocycles. The molecule has 1 amide bonds. The summed E-state index contributed by atoms with van der Waals surface area (Å²) in [6.45, 7) is 1.64. The van der Waals surface area contributed by atoms with Crippen molar-refractivity contribution in [1.29, 1.82) is 5.26 Å². The zero-order chi connectivity index (χ0) is 22.2. The molecule has 2 aromatic rings. The number of carbonyl (C=O) groups is 1. The number of benzene rings is 2. The largest absolute Gasteiger partial charge is 0.417 e. The molecule has 0 unspecified atom stereocenters. The molecule has 0 N–H and O–H groups in total. The first kappa shape index (κ1) is 21.2. The van der Waals surface area contributed by atoms with Gasteiger partial charge in [0, 0.05) is 44.0 Å². The summed E-state index contributed by atoms with van der Waals surface area (Å²) in [4.78, 5) is 17.0. The van der Waals surface area contributed by atoms with Crippen molar-refractivity contribution in [2.45, 2.75) is 12.6 Å². The molecule has 5 nitrogen and oxygen atoms in total. The van der Waals surface area contributed by atoms with Crippen molar-refractivity contribution in [2.24, 2.45) is 11.8 Å². The molecule has 0 spiro atoms. The number of amides is 1. The SMILES string of the molecule is COC[C@H]1CN(c2ccc(C#N)c(C(F)(F)F)c2)C[C@@H]1C(=O)N1CCc2ccccc21. The Kier molecular flexibility index (Phi) is 5.63. The lowest BCUT2D eigenvalue weighted by Gasteiger charge is -2.24. The molecule has 1 saturated heterocycles. The molecule has 0 aromatic heterocycles. The summed E-state index contributed by atoms with van der Waals surface area (Å²) in [6, 6.07) is 13.1. The molecule has 162 valence electrons. The second kappa shape index (κ2) is 8.23. The Morgan fingerprint density at radius 2 is 2.00 bits per heavy atom. The Hall–Kier alpha value is -3.05. The van der Waals surface area contributed by atoms with Crippen LogP contribution >= 0.6 is 0 Å². The number of ether oxygens (including phenoxy) is 1. The second-order valence-electron chi connectivity index (χ2n) is 7.93. The minimum atomic E-state index is -4.62. The van der Waals surface area contributed by atoms with E-state index in [1.165, 1.54) is 12.1 Å². The van der Waals surface area contributed by atoms with Gasteiger partial charge in [-0.15, -0.1) is 0 Å². The number of rotatable bonds is 4. The molecule has 2 aromatic carbocycles. The fraction of sp³-hybridized carbons (Fsp3) is 0.391. The van der Waals surface area contributed by atoms with E-state index in [0.717, 1.165) is 23.7 Å². The van der Waals surface area contributed by atoms with Crippen LogP contribution in [0.1, 0.15) is 16.7 Å². The summed E-state index contributed by atoms with van der Waals surface area (Å²) in [5, 5.41) is 9.04. The van der Waals surface area contributed by atoms with Gasteiger partial charge >= 0.3 is 6.18 Å². The normalized spacial score (nSPS) is 20.6. The molecule has 2 aliphatic rings. The van der Waals surface area contributed by atoms with E-state index >= 15 is 0 Å². The number of nitrogens with zero attached hydrogens (tertiary/aromatic N) is 3. The summed E-state index contributed by atoms with van der Waals surface area (Å²) in [6.07, 6.45) is -3.83. The molecule has 2 heterocycles. The number of halogens is 3. The van der Waals surface area contributed by atoms with Crippen LogP contribution in [0, 0.1) is 23.2 Å². The molecular weight excluding hydrogens is 407 g/mol. The number of hydrogen-bond donors (Lipinski definition) is 0. The second-order valence-corrected chi connectivity index (χ2v) is 7.93. The van der Waals surface area contributed by atoms with Crippen LogP contribution in [0.2, 0.25) is 0 Å². The van der Waals surface area contributed by atoms with Gasteiger partial charge in [-0.1, -0.05) is 18.2 Å². The van der Waals surface area contributed by atoms with Crippen LogP contribution in [0.5, 0.6) is 0 Å². The number of alkyl halides is 3. The quantitative estimate of drug-likeness (QED) is 0.741. The number of fused-ring (bicyclic) bond motifs is 1. The topological polar surface area (TPSA) is 56.6 Å². The van der Waals surface area contributed by atoms with E-state index in [0.29, 0.717) is 31.9 Å². The van der Waals surface area contributed by atoms with Crippen LogP contribution in [0.15, 0.2) is 42.5 Å². The lowest BCUT2D eigenvalue weighted by atomic mass is 9.95. The molecule has 8 heteroatoms. The van der Waals surface area contributed by atoms with Crippen molar-refractivity contribution < 1.29 is 22.7 Å². The van der Waals surface area contributed by atoms with Crippen molar-refractivity contribution in [3.63, 3.8) is 0 Å². The van der Waals surface area contributed by atoms with Crippen molar-refractivity contribution >= 4 is 17.3 Å². The first-order valence-corrected chi connectivity index (χ1v) is 10.1. The fourth-order valence-corrected chi connectivity index (χ4v) is 4.57. The first-order valence-electron chi connectivity index (χ1n) is 10.1. The molecule has 2 atom stereocenters. The molecule has 1 fully saturated rings. The van der Waals surface area contributed by atoms with Crippen LogP contribution in [-0.2, 0) is 22.1 Å². The van der Waals surface area contributed by atoms with Crippen molar-refractivity contribution in [1.82, 2.24) is 0 Å². The summed E-state index contributed by atoms with van der Waals surface area (Å²) >= 11 is 0. The average molecular weight is 429 g/mol. The highest BCUT2D eigenvalue weighted by Gasteiger charge is 2.42. The van der Waals surface area contributed by atoms with Crippen LogP contribution in [0.3, 0.4) is 0 Å². The number of para-hydroxylation sites is 1. The predicted molar refractivity (Wildman–Crippen MR) is 110 cm³/mol. The van der Waals surface area contributed by atoms with E-state index in [1.807, 2.05) is 24.3 Å². The molecule has 0 radical (unpaired) electrons. The summed E-state index contributed by atoms with van der Waals surface area (Å²) in [7, 11) is 1.55. The smallest absolute Gasteiger partial charge is 0.384 e. The Labute approximate surface area is 178 Å². The van der Waals surface area contributed by atoms with Gasteiger partial charge in [0.05, 0.1) is 29.7 Å². The predicted octanol–water partition coefficient (Wildman–Crippen LogP) is 3.87. The molecule has 31 heavy (non-hydrogen) atoms. The van der Waals surface area contributed by atoms with Gasteiger partial charge in [0.15, 0.2) is 0 Å². The monoisotopic (exact) mass is 429 g/mol. The molecule has 2 aliphatic heterocycles. The third-order valence-electron chi connectivity index (χ3n) is 6.09. The highest BCUT2D eigenvalue weighted by Crippen LogP contribution is 2.38. The standard InChI is InChI=1S/C23H22F3N3O2/c1-31-14-17-12-28(18-7-6-16(11-27)20(10-18)23(24,25)26)13-19(17)22(30)29-9-8-15-4-2-3-5-21(15)29/h2-7,10,17,19H,8-9,12-14H2,1H3/t17-,19+/m1/s1. The van der Waals surface area contributed by atoms with E-state index in [4.69, 9.17) is 10.00 Å². The number of hydrogen-bond acceptors (Lipinski definition) is 4. The van der Waals surface area contributed by atoms with E-state index in [-0.39, 0.29) is 11.8 Å². The van der Waals surface area contributed by atoms with Gasteiger partial charge < -0.3 is 14.5 Å². The minimum Gasteiger partial charge on any atom is -0.384 e. The van der Waals surface area contributed by atoms with Crippen molar-refractivity contribution in [2.75, 3.05) is 43.2 Å². The lowest BCUT2D eigenvalue weighted by molar-refractivity contribution is -0.137. The van der Waals surface area contributed by atoms with E-state index in [9.17, 15) is 18.0 Å². The van der Waals surface area contributed by atoms with Gasteiger partial charge in [-0.05, 0) is 36.2 Å². The van der Waals surface area contributed by atoms with Gasteiger partial charge in [-0.25, -0.2) is 0 Å². The number of carbonyl (C=O) groups excluding carboxylic acids is 1. The number of nitriles is 1. The summed E-state index contributed by atoms with van der Waals surface area (Å²) in [5.74, 6) is -0.564. The highest BCUT2D eigenvalue weighted by atomic mass is 19.4. The number of methoxy groups -OCH3 is 1. The fourth-order valence-electron chi connectivity index (χ4n) is 4.57. The third-order valence-corrected chi connectivity index (χ3v) is 6.09. The van der Waals surface area contributed by atoms with Crippen LogP contribution in [0.25, 0.3) is 0 Å². The van der Waals surface area contributed by atoms with Crippen LogP contribution < -0.4 is 9.80 Å². The van der Waals surface area contributed by atoms with E-state index in [1.54, 1.807) is 23.0 Å². The number of anilines is 2. The molecule has 4 rings (SSSR count). The average Bonchev–Trinajstić information content (AvgIpc) is 3.37. The molecular formula is C23H22F3N3O2. The van der Waals surface area contributed by atoms with Gasteiger partial charge in [0.25, 0.3) is 0 Å². The Bertz CT molecular complexity index is 1030. The maximum absolute atomic E-state index is 13.4. The molecule has 0 bridgehead atoms. The Morgan fingerprint density at radius 3 is 2.71 bits per heavy atom. The molecule has 0 saturated carbocycles. The summed E-state index contributed by atoms with van der Waals surface area (Å²) < 4.78 is 45.5. The third kappa shape index (κ3) is 3.98. The Balaban J connectivity index is 1.61. The van der Waals surface area contributed by atoms with E-state index < -0.39 is 23.2 Å². The van der Waals surface area contributed by atoms with Crippen molar-refractivity contribution in [3.05, 3.63) is 59.2 Å². The Morgan fingerprint density at radius 1 is 1.23 bits per heavy atom. The minimum absolute atomic E-state index is 0.0285. The van der Waals surface area contributed by atoms with E-state index in [2.05, 4.69) is 0 Å². The van der Waals surface area contributed by atoms with Gasteiger partial charge in [0.1, 0.15) is 0 Å². The zero-order valence-corrected chi connectivity index (χ0v) is 17.0. The lowest BCUT2D eigenvalue weighted by Crippen LogP contribution is -2.39. The highest BCUT2D eigenvalue weighted by molar-refractivity contribution is 5.97. The van der Waals surface area contributed by atoms with Gasteiger partial charge in [-0.3, -0.25) is 4.79 Å². The first-order chi connectivity index (χ1) is 14.8. The maximum atomic E-state index is 13.4. The van der Waals surface area contributed by atoms with Crippen LogP contribution in [0.4, 0.5) is 24.5 Å². The summed E-state index contributed by atoms with van der Waals surface area (Å²) in [5.41, 5.74) is 1.00. The maximum Gasteiger partial charge on any atom is 0.417 e. The zero-order valence-electron chi connectivity index (χ0n) is 17.0.